The first kappa shape index (κ1) is 19.0. The van der Waals surface area contributed by atoms with Crippen LogP contribution in [0.15, 0.2) is 48.7 Å². The molecule has 2 amide bonds. The summed E-state index contributed by atoms with van der Waals surface area (Å²) in [5.41, 5.74) is 7.52. The molecule has 0 aliphatic carbocycles. The van der Waals surface area contributed by atoms with Crippen molar-refractivity contribution in [2.24, 2.45) is 5.73 Å². The predicted octanol–water partition coefficient (Wildman–Crippen LogP) is 3.19. The topological polar surface area (TPSA) is 88.4 Å². The van der Waals surface area contributed by atoms with Crippen LogP contribution in [0.5, 0.6) is 5.75 Å². The first-order chi connectivity index (χ1) is 14.0. The number of carbonyl (C=O) groups is 2. The molecular weight excluding hydrogens is 373 g/mol. The number of rotatable bonds is 5. The number of piperidine rings is 1. The smallest absolute Gasteiger partial charge is 0.257 e. The molecule has 1 aromatic heterocycles. The van der Waals surface area contributed by atoms with Gasteiger partial charge in [0, 0.05) is 30.2 Å². The van der Waals surface area contributed by atoms with Crippen LogP contribution >= 0.6 is 0 Å². The Kier molecular flexibility index (Phi) is 5.20. The van der Waals surface area contributed by atoms with Gasteiger partial charge in [-0.1, -0.05) is 12.1 Å². The number of amides is 2. The molecule has 0 unspecified atom stereocenters. The summed E-state index contributed by atoms with van der Waals surface area (Å²) in [4.78, 5) is 28.9. The SMILES string of the molecule is NC(=O)COc1ccccc1C(=O)N1CCC(c2c[nH]c3cc(F)ccc23)CC1. The average molecular weight is 395 g/mol. The highest BCUT2D eigenvalue weighted by molar-refractivity contribution is 5.97. The second-order valence-electron chi connectivity index (χ2n) is 7.25. The summed E-state index contributed by atoms with van der Waals surface area (Å²) in [6.07, 6.45) is 3.58. The Labute approximate surface area is 167 Å². The lowest BCUT2D eigenvalue weighted by atomic mass is 9.89. The highest BCUT2D eigenvalue weighted by Crippen LogP contribution is 2.34. The van der Waals surface area contributed by atoms with Crippen molar-refractivity contribution >= 4 is 22.7 Å². The number of nitrogens with one attached hydrogen (secondary N) is 1. The van der Waals surface area contributed by atoms with Crippen LogP contribution < -0.4 is 10.5 Å². The van der Waals surface area contributed by atoms with Gasteiger partial charge >= 0.3 is 0 Å². The molecule has 29 heavy (non-hydrogen) atoms. The largest absolute Gasteiger partial charge is 0.483 e. The number of nitrogens with zero attached hydrogens (tertiary/aromatic N) is 1. The van der Waals surface area contributed by atoms with E-state index in [0.29, 0.717) is 30.3 Å². The summed E-state index contributed by atoms with van der Waals surface area (Å²) in [6, 6.07) is 11.6. The minimum Gasteiger partial charge on any atom is -0.483 e. The van der Waals surface area contributed by atoms with Gasteiger partial charge in [-0.15, -0.1) is 0 Å². The van der Waals surface area contributed by atoms with Crippen molar-refractivity contribution in [3.63, 3.8) is 0 Å². The van der Waals surface area contributed by atoms with Crippen molar-refractivity contribution < 1.29 is 18.7 Å². The molecular formula is C22H22FN3O3. The minimum atomic E-state index is -0.591. The molecule has 3 N–H and O–H groups in total. The number of aromatic nitrogens is 1. The summed E-state index contributed by atoms with van der Waals surface area (Å²) < 4.78 is 18.8. The Hall–Kier alpha value is -3.35. The second-order valence-corrected chi connectivity index (χ2v) is 7.25. The molecule has 6 nitrogen and oxygen atoms in total. The number of para-hydroxylation sites is 1. The molecule has 1 fully saturated rings. The lowest BCUT2D eigenvalue weighted by Gasteiger charge is -2.32. The molecule has 0 radical (unpaired) electrons. The highest BCUT2D eigenvalue weighted by atomic mass is 19.1. The molecule has 2 aromatic carbocycles. The van der Waals surface area contributed by atoms with Gasteiger partial charge in [0.1, 0.15) is 11.6 Å². The molecule has 1 aliphatic heterocycles. The minimum absolute atomic E-state index is 0.121. The maximum atomic E-state index is 13.4. The number of aromatic amines is 1. The van der Waals surface area contributed by atoms with E-state index >= 15 is 0 Å². The molecule has 7 heteroatoms. The van der Waals surface area contributed by atoms with E-state index in [2.05, 4.69) is 4.98 Å². The fraction of sp³-hybridized carbons (Fsp3) is 0.273. The standard InChI is InChI=1S/C22H22FN3O3/c23-15-5-6-16-18(12-25-19(16)11-15)14-7-9-26(10-8-14)22(28)17-3-1-2-4-20(17)29-13-21(24)27/h1-6,11-12,14,25H,7-10,13H2,(H2,24,27). The van der Waals surface area contributed by atoms with Gasteiger partial charge in [-0.2, -0.15) is 0 Å². The van der Waals surface area contributed by atoms with E-state index in [1.165, 1.54) is 12.1 Å². The Morgan fingerprint density at radius 3 is 2.69 bits per heavy atom. The third-order valence-electron chi connectivity index (χ3n) is 5.39. The Morgan fingerprint density at radius 1 is 1.17 bits per heavy atom. The molecule has 3 aromatic rings. The van der Waals surface area contributed by atoms with Gasteiger partial charge in [0.15, 0.2) is 6.61 Å². The van der Waals surface area contributed by atoms with E-state index in [4.69, 9.17) is 10.5 Å². The molecule has 0 saturated carbocycles. The maximum absolute atomic E-state index is 13.4. The van der Waals surface area contributed by atoms with Crippen LogP contribution in [0, 0.1) is 5.82 Å². The number of H-pyrrole nitrogens is 1. The zero-order valence-corrected chi connectivity index (χ0v) is 15.9. The van der Waals surface area contributed by atoms with E-state index in [9.17, 15) is 14.0 Å². The first-order valence-electron chi connectivity index (χ1n) is 9.59. The van der Waals surface area contributed by atoms with Crippen LogP contribution in [0.2, 0.25) is 0 Å². The van der Waals surface area contributed by atoms with Crippen LogP contribution in [0.25, 0.3) is 10.9 Å². The van der Waals surface area contributed by atoms with Gasteiger partial charge in [0.25, 0.3) is 11.8 Å². The number of fused-ring (bicyclic) bond motifs is 1. The van der Waals surface area contributed by atoms with Gasteiger partial charge in [0.05, 0.1) is 5.56 Å². The lowest BCUT2D eigenvalue weighted by molar-refractivity contribution is -0.119. The van der Waals surface area contributed by atoms with Crippen molar-refractivity contribution in [2.45, 2.75) is 18.8 Å². The second kappa shape index (κ2) is 7.95. The van der Waals surface area contributed by atoms with Gasteiger partial charge in [-0.05, 0) is 54.7 Å². The van der Waals surface area contributed by atoms with E-state index < -0.39 is 5.91 Å². The molecule has 150 valence electrons. The van der Waals surface area contributed by atoms with Crippen molar-refractivity contribution in [2.75, 3.05) is 19.7 Å². The summed E-state index contributed by atoms with van der Waals surface area (Å²) in [7, 11) is 0. The van der Waals surface area contributed by atoms with Gasteiger partial charge in [0.2, 0.25) is 0 Å². The predicted molar refractivity (Wildman–Crippen MR) is 107 cm³/mol. The van der Waals surface area contributed by atoms with Gasteiger partial charge in [-0.25, -0.2) is 4.39 Å². The first-order valence-corrected chi connectivity index (χ1v) is 9.59. The Bertz CT molecular complexity index is 1050. The van der Waals surface area contributed by atoms with Crippen LogP contribution in [0.3, 0.4) is 0 Å². The summed E-state index contributed by atoms with van der Waals surface area (Å²) >= 11 is 0. The van der Waals surface area contributed by atoms with Crippen molar-refractivity contribution in [3.8, 4) is 5.75 Å². The molecule has 1 aliphatic rings. The molecule has 0 atom stereocenters. The molecule has 4 rings (SSSR count). The number of carbonyl (C=O) groups excluding carboxylic acids is 2. The third kappa shape index (κ3) is 3.94. The number of nitrogens with two attached hydrogens (primary N) is 1. The Balaban J connectivity index is 1.46. The fourth-order valence-electron chi connectivity index (χ4n) is 3.94. The maximum Gasteiger partial charge on any atom is 0.257 e. The van der Waals surface area contributed by atoms with E-state index in [1.807, 2.05) is 6.20 Å². The highest BCUT2D eigenvalue weighted by Gasteiger charge is 2.27. The number of primary amides is 1. The Morgan fingerprint density at radius 2 is 1.93 bits per heavy atom. The lowest BCUT2D eigenvalue weighted by Crippen LogP contribution is -2.38. The fourth-order valence-corrected chi connectivity index (χ4v) is 3.94. The molecule has 0 bridgehead atoms. The van der Waals surface area contributed by atoms with Gasteiger partial charge < -0.3 is 20.4 Å². The molecule has 0 spiro atoms. The number of benzene rings is 2. The number of ether oxygens (including phenoxy) is 1. The average Bonchev–Trinajstić information content (AvgIpc) is 3.15. The van der Waals surface area contributed by atoms with Crippen LogP contribution in [-0.2, 0) is 4.79 Å². The number of hydrogen-bond donors (Lipinski definition) is 2. The van der Waals surface area contributed by atoms with Crippen molar-refractivity contribution in [1.29, 1.82) is 0 Å². The van der Waals surface area contributed by atoms with Crippen molar-refractivity contribution in [1.82, 2.24) is 9.88 Å². The number of hydrogen-bond acceptors (Lipinski definition) is 3. The number of halogens is 1. The number of likely N-dealkylation sites (tertiary alicyclic amines) is 1. The summed E-state index contributed by atoms with van der Waals surface area (Å²) in [5, 5.41) is 1.03. The van der Waals surface area contributed by atoms with Crippen LogP contribution in [0.4, 0.5) is 4.39 Å². The summed E-state index contributed by atoms with van der Waals surface area (Å²) in [6.45, 7) is 0.955. The zero-order chi connectivity index (χ0) is 20.4. The van der Waals surface area contributed by atoms with Crippen LogP contribution in [0.1, 0.15) is 34.7 Å². The zero-order valence-electron chi connectivity index (χ0n) is 15.9. The van der Waals surface area contributed by atoms with Crippen molar-refractivity contribution in [3.05, 3.63) is 65.6 Å². The van der Waals surface area contributed by atoms with Crippen LogP contribution in [-0.4, -0.2) is 41.4 Å². The quantitative estimate of drug-likeness (QED) is 0.695. The monoisotopic (exact) mass is 395 g/mol. The normalized spacial score (nSPS) is 14.9. The molecule has 2 heterocycles. The summed E-state index contributed by atoms with van der Waals surface area (Å²) in [5.74, 6) is -0.309. The van der Waals surface area contributed by atoms with E-state index in [1.54, 1.807) is 35.2 Å². The third-order valence-corrected chi connectivity index (χ3v) is 5.39. The van der Waals surface area contributed by atoms with E-state index in [0.717, 1.165) is 29.3 Å². The molecule has 1 saturated heterocycles. The van der Waals surface area contributed by atoms with Gasteiger partial charge in [-0.3, -0.25) is 9.59 Å². The van der Waals surface area contributed by atoms with E-state index in [-0.39, 0.29) is 18.3 Å².